The van der Waals surface area contributed by atoms with Crippen molar-refractivity contribution in [3.63, 3.8) is 0 Å². The van der Waals surface area contributed by atoms with Crippen molar-refractivity contribution < 1.29 is 18.0 Å². The van der Waals surface area contributed by atoms with Crippen LogP contribution >= 0.6 is 34.8 Å². The number of nitrogens with zero attached hydrogens (tertiary/aromatic N) is 2. The summed E-state index contributed by atoms with van der Waals surface area (Å²) in [5.74, 6) is -1.02. The van der Waals surface area contributed by atoms with E-state index < -0.39 is 34.4 Å². The smallest absolute Gasteiger partial charge is 0.264 e. The highest BCUT2D eigenvalue weighted by molar-refractivity contribution is 7.92. The van der Waals surface area contributed by atoms with Crippen LogP contribution in [0.15, 0.2) is 77.7 Å². The van der Waals surface area contributed by atoms with Crippen LogP contribution in [0.4, 0.5) is 5.69 Å². The number of anilines is 1. The third-order valence-corrected chi connectivity index (χ3v) is 8.38. The van der Waals surface area contributed by atoms with E-state index in [4.69, 9.17) is 34.8 Å². The van der Waals surface area contributed by atoms with Crippen LogP contribution in [0.25, 0.3) is 0 Å². The zero-order valence-corrected chi connectivity index (χ0v) is 23.3. The average molecular weight is 583 g/mol. The number of hydrogen-bond acceptors (Lipinski definition) is 4. The van der Waals surface area contributed by atoms with Gasteiger partial charge in [0.15, 0.2) is 0 Å². The summed E-state index contributed by atoms with van der Waals surface area (Å²) >= 11 is 18.7. The Kier molecular flexibility index (Phi) is 9.84. The Labute approximate surface area is 232 Å². The van der Waals surface area contributed by atoms with Crippen LogP contribution in [0.1, 0.15) is 19.4 Å². The summed E-state index contributed by atoms with van der Waals surface area (Å²) in [5.41, 5.74) is 0.683. The van der Waals surface area contributed by atoms with E-state index in [1.165, 1.54) is 41.3 Å². The lowest BCUT2D eigenvalue weighted by molar-refractivity contribution is -0.139. The number of carbonyl (C=O) groups excluding carboxylic acids is 2. The van der Waals surface area contributed by atoms with Crippen LogP contribution in [0.5, 0.6) is 0 Å². The summed E-state index contributed by atoms with van der Waals surface area (Å²) in [7, 11) is -4.15. The van der Waals surface area contributed by atoms with Crippen LogP contribution < -0.4 is 9.62 Å². The zero-order valence-electron chi connectivity index (χ0n) is 20.2. The Morgan fingerprint density at radius 3 is 2.05 bits per heavy atom. The van der Waals surface area contributed by atoms with Gasteiger partial charge in [0, 0.05) is 33.7 Å². The van der Waals surface area contributed by atoms with Crippen molar-refractivity contribution in [2.75, 3.05) is 17.4 Å². The SMILES string of the molecule is CCNC(=O)[C@@H](C)N(Cc1c(Cl)cccc1Cl)C(=O)CN(c1ccc(Cl)cc1)S(=O)(=O)c1ccccc1. The Morgan fingerprint density at radius 1 is 0.892 bits per heavy atom. The summed E-state index contributed by atoms with van der Waals surface area (Å²) in [6.07, 6.45) is 0. The molecule has 1 N–H and O–H groups in total. The lowest BCUT2D eigenvalue weighted by atomic mass is 10.1. The van der Waals surface area contributed by atoms with Gasteiger partial charge in [-0.2, -0.15) is 0 Å². The summed E-state index contributed by atoms with van der Waals surface area (Å²) < 4.78 is 28.3. The molecule has 0 aromatic heterocycles. The number of halogens is 3. The fourth-order valence-corrected chi connectivity index (χ4v) is 5.69. The second-order valence-corrected chi connectivity index (χ2v) is 11.2. The third-order valence-electron chi connectivity index (χ3n) is 5.63. The predicted octanol–water partition coefficient (Wildman–Crippen LogP) is 5.40. The van der Waals surface area contributed by atoms with Gasteiger partial charge in [0.1, 0.15) is 12.6 Å². The van der Waals surface area contributed by atoms with E-state index in [1.54, 1.807) is 50.2 Å². The summed E-state index contributed by atoms with van der Waals surface area (Å²) in [5, 5.41) is 3.75. The molecular formula is C26H26Cl3N3O4S. The van der Waals surface area contributed by atoms with Crippen LogP contribution in [0, 0.1) is 0 Å². The maximum Gasteiger partial charge on any atom is 0.264 e. The van der Waals surface area contributed by atoms with Crippen molar-refractivity contribution in [3.8, 4) is 0 Å². The van der Waals surface area contributed by atoms with Crippen LogP contribution in [0.3, 0.4) is 0 Å². The van der Waals surface area contributed by atoms with E-state index in [1.807, 2.05) is 0 Å². The maximum atomic E-state index is 13.8. The molecule has 0 heterocycles. The van der Waals surface area contributed by atoms with Crippen molar-refractivity contribution >= 4 is 62.3 Å². The van der Waals surface area contributed by atoms with E-state index in [9.17, 15) is 18.0 Å². The van der Waals surface area contributed by atoms with Gasteiger partial charge in [0.25, 0.3) is 10.0 Å². The van der Waals surface area contributed by atoms with Gasteiger partial charge >= 0.3 is 0 Å². The molecule has 0 radical (unpaired) electrons. The molecule has 2 amide bonds. The summed E-state index contributed by atoms with van der Waals surface area (Å²) in [4.78, 5) is 27.8. The monoisotopic (exact) mass is 581 g/mol. The van der Waals surface area contributed by atoms with Crippen molar-refractivity contribution in [1.82, 2.24) is 10.2 Å². The molecule has 11 heteroatoms. The number of benzene rings is 3. The normalized spacial score (nSPS) is 12.0. The predicted molar refractivity (Wildman–Crippen MR) is 148 cm³/mol. The fraction of sp³-hybridized carbons (Fsp3) is 0.231. The molecule has 3 aromatic carbocycles. The van der Waals surface area contributed by atoms with Gasteiger partial charge in [-0.05, 0) is 62.4 Å². The Bertz CT molecular complexity index is 1330. The van der Waals surface area contributed by atoms with E-state index in [0.29, 0.717) is 27.2 Å². The first-order valence-electron chi connectivity index (χ1n) is 11.4. The van der Waals surface area contributed by atoms with Gasteiger partial charge in [-0.1, -0.05) is 59.1 Å². The molecule has 196 valence electrons. The first-order valence-corrected chi connectivity index (χ1v) is 14.0. The minimum Gasteiger partial charge on any atom is -0.355 e. The molecule has 0 spiro atoms. The minimum absolute atomic E-state index is 0.00947. The zero-order chi connectivity index (χ0) is 27.2. The molecular weight excluding hydrogens is 557 g/mol. The summed E-state index contributed by atoms with van der Waals surface area (Å²) in [6.45, 7) is 3.00. The molecule has 0 saturated heterocycles. The quantitative estimate of drug-likeness (QED) is 0.347. The van der Waals surface area contributed by atoms with Crippen molar-refractivity contribution in [2.24, 2.45) is 0 Å². The number of likely N-dealkylation sites (N-methyl/N-ethyl adjacent to an activating group) is 1. The molecule has 0 saturated carbocycles. The van der Waals surface area contributed by atoms with E-state index in [2.05, 4.69) is 5.32 Å². The molecule has 1 atom stereocenters. The number of rotatable bonds is 10. The molecule has 0 bridgehead atoms. The van der Waals surface area contributed by atoms with Crippen LogP contribution in [-0.2, 0) is 26.2 Å². The first-order chi connectivity index (χ1) is 17.6. The molecule has 0 fully saturated rings. The van der Waals surface area contributed by atoms with E-state index in [0.717, 1.165) is 4.31 Å². The number of nitrogens with one attached hydrogen (secondary N) is 1. The average Bonchev–Trinajstić information content (AvgIpc) is 2.88. The van der Waals surface area contributed by atoms with Gasteiger partial charge in [-0.25, -0.2) is 8.42 Å². The molecule has 3 rings (SSSR count). The lowest BCUT2D eigenvalue weighted by Crippen LogP contribution is -2.51. The Balaban J connectivity index is 2.05. The van der Waals surface area contributed by atoms with E-state index in [-0.39, 0.29) is 17.1 Å². The van der Waals surface area contributed by atoms with Gasteiger partial charge < -0.3 is 10.2 Å². The fourth-order valence-electron chi connectivity index (χ4n) is 3.61. The molecule has 0 aliphatic rings. The van der Waals surface area contributed by atoms with Crippen LogP contribution in [0.2, 0.25) is 15.1 Å². The Morgan fingerprint density at radius 2 is 1.49 bits per heavy atom. The number of amides is 2. The maximum absolute atomic E-state index is 13.8. The van der Waals surface area contributed by atoms with Crippen molar-refractivity contribution in [2.45, 2.75) is 31.3 Å². The van der Waals surface area contributed by atoms with Gasteiger partial charge in [0.2, 0.25) is 11.8 Å². The molecule has 37 heavy (non-hydrogen) atoms. The lowest BCUT2D eigenvalue weighted by Gasteiger charge is -2.32. The van der Waals surface area contributed by atoms with Gasteiger partial charge in [-0.3, -0.25) is 13.9 Å². The number of sulfonamides is 1. The van der Waals surface area contributed by atoms with Crippen molar-refractivity contribution in [3.05, 3.63) is 93.4 Å². The van der Waals surface area contributed by atoms with E-state index >= 15 is 0 Å². The van der Waals surface area contributed by atoms with Crippen LogP contribution in [-0.4, -0.2) is 44.3 Å². The van der Waals surface area contributed by atoms with Gasteiger partial charge in [0.05, 0.1) is 10.6 Å². The highest BCUT2D eigenvalue weighted by atomic mass is 35.5. The number of hydrogen-bond donors (Lipinski definition) is 1. The second kappa shape index (κ2) is 12.6. The van der Waals surface area contributed by atoms with Gasteiger partial charge in [-0.15, -0.1) is 0 Å². The number of carbonyl (C=O) groups is 2. The Hall–Kier alpha value is -2.78. The molecule has 0 aliphatic carbocycles. The minimum atomic E-state index is -4.15. The first kappa shape index (κ1) is 28.8. The molecule has 7 nitrogen and oxygen atoms in total. The largest absolute Gasteiger partial charge is 0.355 e. The molecule has 0 unspecified atom stereocenters. The highest BCUT2D eigenvalue weighted by Crippen LogP contribution is 2.28. The second-order valence-electron chi connectivity index (χ2n) is 8.09. The molecule has 3 aromatic rings. The third kappa shape index (κ3) is 6.96. The summed E-state index contributed by atoms with van der Waals surface area (Å²) in [6, 6.07) is 17.9. The van der Waals surface area contributed by atoms with Crippen molar-refractivity contribution in [1.29, 1.82) is 0 Å². The highest BCUT2D eigenvalue weighted by Gasteiger charge is 2.33. The molecule has 0 aliphatic heterocycles. The standard InChI is InChI=1S/C26H26Cl3N3O4S/c1-3-30-26(34)18(2)31(16-22-23(28)10-7-11-24(22)29)25(33)17-32(20-14-12-19(27)13-15-20)37(35,36)21-8-5-4-6-9-21/h4-15,18H,3,16-17H2,1-2H3,(H,30,34)/t18-/m1/s1. The topological polar surface area (TPSA) is 86.8 Å².